The highest BCUT2D eigenvalue weighted by molar-refractivity contribution is 4.99. The number of aliphatic hydroxyl groups is 1. The predicted octanol–water partition coefficient (Wildman–Crippen LogP) is 1.81. The fraction of sp³-hybridized carbons (Fsp3) is 0.778. The third-order valence-corrected chi connectivity index (χ3v) is 1.77. The maximum absolute atomic E-state index is 9.42. The highest BCUT2D eigenvalue weighted by atomic mass is 16.5. The molecule has 0 saturated heterocycles. The van der Waals surface area contributed by atoms with Crippen LogP contribution in [-0.4, -0.2) is 15.2 Å². The summed E-state index contributed by atoms with van der Waals surface area (Å²) in [6.45, 7) is 7.84. The Labute approximate surface area is 78.0 Å². The molecule has 13 heavy (non-hydrogen) atoms. The molecular weight excluding hydrogens is 168 g/mol. The van der Waals surface area contributed by atoms with E-state index in [1.165, 1.54) is 0 Å². The molecule has 0 radical (unpaired) electrons. The van der Waals surface area contributed by atoms with Crippen molar-refractivity contribution >= 4 is 0 Å². The highest BCUT2D eigenvalue weighted by Gasteiger charge is 2.23. The van der Waals surface area contributed by atoms with Crippen molar-refractivity contribution in [3.05, 3.63) is 11.7 Å². The Morgan fingerprint density at radius 1 is 1.46 bits per heavy atom. The second-order valence-corrected chi connectivity index (χ2v) is 4.13. The van der Waals surface area contributed by atoms with Crippen molar-refractivity contribution in [3.8, 4) is 0 Å². The first kappa shape index (κ1) is 10.2. The van der Waals surface area contributed by atoms with E-state index in [4.69, 9.17) is 4.52 Å². The quantitative estimate of drug-likeness (QED) is 0.761. The summed E-state index contributed by atoms with van der Waals surface area (Å²) in [5.74, 6) is 0.947. The SMILES string of the molecule is CCC(O)c1noc(C(C)(C)C)n1. The average molecular weight is 184 g/mol. The van der Waals surface area contributed by atoms with Crippen LogP contribution < -0.4 is 0 Å². The van der Waals surface area contributed by atoms with Crippen LogP contribution in [0, 0.1) is 0 Å². The fourth-order valence-electron chi connectivity index (χ4n) is 0.857. The number of hydrogen-bond acceptors (Lipinski definition) is 4. The molecule has 1 heterocycles. The molecular formula is C9H16N2O2. The lowest BCUT2D eigenvalue weighted by atomic mass is 9.97. The molecule has 0 amide bonds. The maximum Gasteiger partial charge on any atom is 0.232 e. The standard InChI is InChI=1S/C9H16N2O2/c1-5-6(12)7-10-8(13-11-7)9(2,3)4/h6,12H,5H2,1-4H3. The third-order valence-electron chi connectivity index (χ3n) is 1.77. The lowest BCUT2D eigenvalue weighted by Gasteiger charge is -2.10. The second kappa shape index (κ2) is 3.46. The molecule has 1 aromatic rings. The van der Waals surface area contributed by atoms with Gasteiger partial charge in [-0.3, -0.25) is 0 Å². The van der Waals surface area contributed by atoms with Gasteiger partial charge in [-0.15, -0.1) is 0 Å². The van der Waals surface area contributed by atoms with Crippen molar-refractivity contribution < 1.29 is 9.63 Å². The summed E-state index contributed by atoms with van der Waals surface area (Å²) in [7, 11) is 0. The van der Waals surface area contributed by atoms with Gasteiger partial charge in [-0.2, -0.15) is 4.98 Å². The summed E-state index contributed by atoms with van der Waals surface area (Å²) >= 11 is 0. The zero-order valence-corrected chi connectivity index (χ0v) is 8.53. The molecule has 0 aliphatic carbocycles. The van der Waals surface area contributed by atoms with Crippen LogP contribution in [0.3, 0.4) is 0 Å². The van der Waals surface area contributed by atoms with Crippen LogP contribution in [0.5, 0.6) is 0 Å². The molecule has 0 saturated carbocycles. The van der Waals surface area contributed by atoms with Crippen LogP contribution in [0.4, 0.5) is 0 Å². The van der Waals surface area contributed by atoms with Crippen LogP contribution in [0.15, 0.2) is 4.52 Å². The fourth-order valence-corrected chi connectivity index (χ4v) is 0.857. The number of aliphatic hydroxyl groups excluding tert-OH is 1. The minimum Gasteiger partial charge on any atom is -0.385 e. The smallest absolute Gasteiger partial charge is 0.232 e. The minimum atomic E-state index is -0.611. The van der Waals surface area contributed by atoms with Gasteiger partial charge in [-0.25, -0.2) is 0 Å². The van der Waals surface area contributed by atoms with Gasteiger partial charge < -0.3 is 9.63 Å². The monoisotopic (exact) mass is 184 g/mol. The normalized spacial score (nSPS) is 14.5. The minimum absolute atomic E-state index is 0.154. The van der Waals surface area contributed by atoms with E-state index in [2.05, 4.69) is 10.1 Å². The largest absolute Gasteiger partial charge is 0.385 e. The summed E-state index contributed by atoms with van der Waals surface area (Å²) < 4.78 is 5.03. The molecule has 74 valence electrons. The van der Waals surface area contributed by atoms with Crippen LogP contribution in [0.25, 0.3) is 0 Å². The van der Waals surface area contributed by atoms with Crippen LogP contribution in [0.2, 0.25) is 0 Å². The van der Waals surface area contributed by atoms with Crippen LogP contribution >= 0.6 is 0 Å². The van der Waals surface area contributed by atoms with Crippen LogP contribution in [-0.2, 0) is 5.41 Å². The first-order valence-electron chi connectivity index (χ1n) is 4.47. The van der Waals surface area contributed by atoms with Crippen molar-refractivity contribution in [2.24, 2.45) is 0 Å². The first-order chi connectivity index (χ1) is 5.95. The van der Waals surface area contributed by atoms with E-state index in [0.29, 0.717) is 18.1 Å². The molecule has 1 atom stereocenters. The zero-order chi connectivity index (χ0) is 10.1. The van der Waals surface area contributed by atoms with Gasteiger partial charge in [-0.1, -0.05) is 32.9 Å². The van der Waals surface area contributed by atoms with E-state index in [9.17, 15) is 5.11 Å². The van der Waals surface area contributed by atoms with Gasteiger partial charge in [-0.05, 0) is 6.42 Å². The first-order valence-corrected chi connectivity index (χ1v) is 4.47. The van der Waals surface area contributed by atoms with Gasteiger partial charge in [0.15, 0.2) is 5.82 Å². The van der Waals surface area contributed by atoms with E-state index in [1.54, 1.807) is 0 Å². The molecule has 0 aliphatic rings. The van der Waals surface area contributed by atoms with E-state index in [1.807, 2.05) is 27.7 Å². The number of hydrogen-bond donors (Lipinski definition) is 1. The molecule has 0 bridgehead atoms. The van der Waals surface area contributed by atoms with E-state index in [-0.39, 0.29) is 5.41 Å². The van der Waals surface area contributed by atoms with Crippen molar-refractivity contribution in [3.63, 3.8) is 0 Å². The molecule has 1 unspecified atom stereocenters. The Balaban J connectivity index is 2.87. The zero-order valence-electron chi connectivity index (χ0n) is 8.53. The van der Waals surface area contributed by atoms with E-state index >= 15 is 0 Å². The number of rotatable bonds is 2. The molecule has 4 heteroatoms. The topological polar surface area (TPSA) is 59.2 Å². The second-order valence-electron chi connectivity index (χ2n) is 4.13. The van der Waals surface area contributed by atoms with Gasteiger partial charge in [0.25, 0.3) is 0 Å². The average Bonchev–Trinajstić information content (AvgIpc) is 2.50. The number of nitrogens with zero attached hydrogens (tertiary/aromatic N) is 2. The Kier molecular flexibility index (Phi) is 2.71. The van der Waals surface area contributed by atoms with E-state index in [0.717, 1.165) is 0 Å². The Morgan fingerprint density at radius 3 is 2.46 bits per heavy atom. The van der Waals surface area contributed by atoms with Gasteiger partial charge in [0.05, 0.1) is 0 Å². The summed E-state index contributed by atoms with van der Waals surface area (Å²) in [5, 5.41) is 13.1. The molecule has 0 aromatic carbocycles. The Bertz CT molecular complexity index is 275. The van der Waals surface area contributed by atoms with Crippen molar-refractivity contribution in [1.82, 2.24) is 10.1 Å². The van der Waals surface area contributed by atoms with Gasteiger partial charge in [0.1, 0.15) is 6.10 Å². The molecule has 0 spiro atoms. The number of aromatic nitrogens is 2. The molecule has 0 fully saturated rings. The van der Waals surface area contributed by atoms with Gasteiger partial charge >= 0.3 is 0 Å². The molecule has 0 aliphatic heterocycles. The lowest BCUT2D eigenvalue weighted by molar-refractivity contribution is 0.159. The molecule has 1 aromatic heterocycles. The van der Waals surface area contributed by atoms with E-state index < -0.39 is 6.10 Å². The highest BCUT2D eigenvalue weighted by Crippen LogP contribution is 2.22. The molecule has 4 nitrogen and oxygen atoms in total. The van der Waals surface area contributed by atoms with Crippen molar-refractivity contribution in [2.45, 2.75) is 45.6 Å². The summed E-state index contributed by atoms with van der Waals surface area (Å²) in [5.41, 5.74) is -0.154. The Morgan fingerprint density at radius 2 is 2.08 bits per heavy atom. The summed E-state index contributed by atoms with van der Waals surface area (Å²) in [6, 6.07) is 0. The predicted molar refractivity (Wildman–Crippen MR) is 48.2 cm³/mol. The van der Waals surface area contributed by atoms with Crippen molar-refractivity contribution in [2.75, 3.05) is 0 Å². The summed E-state index contributed by atoms with van der Waals surface area (Å²) in [6.07, 6.45) is -0.0109. The van der Waals surface area contributed by atoms with Gasteiger partial charge in [0, 0.05) is 5.41 Å². The lowest BCUT2D eigenvalue weighted by Crippen LogP contribution is -2.11. The van der Waals surface area contributed by atoms with Crippen molar-refractivity contribution in [1.29, 1.82) is 0 Å². The van der Waals surface area contributed by atoms with Crippen LogP contribution in [0.1, 0.15) is 51.9 Å². The summed E-state index contributed by atoms with van der Waals surface area (Å²) in [4.78, 5) is 4.12. The van der Waals surface area contributed by atoms with Gasteiger partial charge in [0.2, 0.25) is 5.89 Å². The third kappa shape index (κ3) is 2.28. The maximum atomic E-state index is 9.42. The Hall–Kier alpha value is -0.900. The molecule has 1 rings (SSSR count). The molecule has 1 N–H and O–H groups in total.